The summed E-state index contributed by atoms with van der Waals surface area (Å²) in [6.45, 7) is 2.22. The normalized spacial score (nSPS) is 18.5. The Hall–Kier alpha value is -4.45. The lowest BCUT2D eigenvalue weighted by Crippen LogP contribution is -2.63. The van der Waals surface area contributed by atoms with Gasteiger partial charge in [-0.05, 0) is 55.0 Å². The molecular formula is C29H22FN3O2. The summed E-state index contributed by atoms with van der Waals surface area (Å²) in [5, 5.41) is 3.45. The van der Waals surface area contributed by atoms with E-state index in [1.807, 2.05) is 73.7 Å². The van der Waals surface area contributed by atoms with E-state index in [0.717, 1.165) is 11.1 Å². The lowest BCUT2D eigenvalue weighted by atomic mass is 9.92. The van der Waals surface area contributed by atoms with Gasteiger partial charge in [-0.1, -0.05) is 60.2 Å². The number of anilines is 3. The quantitative estimate of drug-likeness (QED) is 0.430. The highest BCUT2D eigenvalue weighted by atomic mass is 19.1. The largest absolute Gasteiger partial charge is 0.350 e. The van der Waals surface area contributed by atoms with Gasteiger partial charge in [-0.3, -0.25) is 14.5 Å². The van der Waals surface area contributed by atoms with Gasteiger partial charge in [-0.25, -0.2) is 4.39 Å². The number of hydrogen-bond donors (Lipinski definition) is 1. The van der Waals surface area contributed by atoms with E-state index in [2.05, 4.69) is 5.32 Å². The zero-order chi connectivity index (χ0) is 24.2. The molecule has 2 aliphatic rings. The van der Waals surface area contributed by atoms with Gasteiger partial charge in [0.1, 0.15) is 5.82 Å². The molecule has 2 aliphatic heterocycles. The van der Waals surface area contributed by atoms with E-state index in [0.29, 0.717) is 28.2 Å². The Balaban J connectivity index is 1.56. The van der Waals surface area contributed by atoms with Gasteiger partial charge in [0.2, 0.25) is 5.66 Å². The summed E-state index contributed by atoms with van der Waals surface area (Å²) >= 11 is 0. The van der Waals surface area contributed by atoms with Crippen molar-refractivity contribution in [3.05, 3.63) is 125 Å². The predicted molar refractivity (Wildman–Crippen MR) is 134 cm³/mol. The number of carbonyl (C=O) groups excluding carboxylic acids is 2. The summed E-state index contributed by atoms with van der Waals surface area (Å²) in [5.41, 5.74) is 3.50. The van der Waals surface area contributed by atoms with E-state index in [-0.39, 0.29) is 24.2 Å². The van der Waals surface area contributed by atoms with Crippen LogP contribution < -0.4 is 15.1 Å². The van der Waals surface area contributed by atoms with Gasteiger partial charge >= 0.3 is 0 Å². The maximum Gasteiger partial charge on any atom is 0.279 e. The van der Waals surface area contributed by atoms with Crippen molar-refractivity contribution in [3.63, 3.8) is 0 Å². The standard InChI is InChI=1S/C29H22FN3O2/c1-19-10-16-22(17-11-19)33-27(34)23-6-2-4-8-25(23)31-29(33)24-7-3-5-9-26(24)32(28(29)35)18-20-12-14-21(30)15-13-20/h2-17,31H,18H2,1H3/t29-/m0/s1. The van der Waals surface area contributed by atoms with Crippen LogP contribution >= 0.6 is 0 Å². The highest BCUT2D eigenvalue weighted by molar-refractivity contribution is 6.22. The molecule has 0 fully saturated rings. The Morgan fingerprint density at radius 3 is 2.29 bits per heavy atom. The average Bonchev–Trinajstić information content (AvgIpc) is 3.10. The van der Waals surface area contributed by atoms with Gasteiger partial charge in [0.25, 0.3) is 11.8 Å². The third kappa shape index (κ3) is 3.14. The second kappa shape index (κ2) is 7.81. The minimum absolute atomic E-state index is 0.247. The number of hydrogen-bond acceptors (Lipinski definition) is 3. The number of carbonyl (C=O) groups is 2. The lowest BCUT2D eigenvalue weighted by molar-refractivity contribution is -0.122. The maximum absolute atomic E-state index is 14.4. The number of benzene rings is 4. The highest BCUT2D eigenvalue weighted by Crippen LogP contribution is 2.49. The molecular weight excluding hydrogens is 441 g/mol. The SMILES string of the molecule is Cc1ccc(N2C(=O)c3ccccc3N[C@]23C(=O)N(Cc2ccc(F)cc2)c2ccccc23)cc1. The smallest absolute Gasteiger partial charge is 0.279 e. The molecule has 0 saturated heterocycles. The molecule has 6 rings (SSSR count). The first-order valence-corrected chi connectivity index (χ1v) is 11.4. The van der Waals surface area contributed by atoms with Crippen LogP contribution in [0.25, 0.3) is 0 Å². The number of fused-ring (bicyclic) bond motifs is 3. The zero-order valence-electron chi connectivity index (χ0n) is 19.0. The fourth-order valence-corrected chi connectivity index (χ4v) is 5.01. The second-order valence-corrected chi connectivity index (χ2v) is 8.89. The molecule has 172 valence electrons. The van der Waals surface area contributed by atoms with E-state index in [1.165, 1.54) is 12.1 Å². The van der Waals surface area contributed by atoms with Crippen LogP contribution in [0.15, 0.2) is 97.1 Å². The monoisotopic (exact) mass is 463 g/mol. The van der Waals surface area contributed by atoms with E-state index >= 15 is 0 Å². The minimum atomic E-state index is -1.46. The van der Waals surface area contributed by atoms with Crippen molar-refractivity contribution in [2.24, 2.45) is 0 Å². The number of halogens is 1. The van der Waals surface area contributed by atoms with Crippen LogP contribution in [0.5, 0.6) is 0 Å². The third-order valence-corrected chi connectivity index (χ3v) is 6.70. The molecule has 2 heterocycles. The zero-order valence-corrected chi connectivity index (χ0v) is 19.0. The molecule has 0 bridgehead atoms. The Morgan fingerprint density at radius 2 is 1.51 bits per heavy atom. The first-order chi connectivity index (χ1) is 17.0. The summed E-state index contributed by atoms with van der Waals surface area (Å²) < 4.78 is 13.5. The molecule has 1 atom stereocenters. The summed E-state index contributed by atoms with van der Waals surface area (Å²) in [6.07, 6.45) is 0. The first kappa shape index (κ1) is 21.1. The van der Waals surface area contributed by atoms with Crippen LogP contribution in [0.1, 0.15) is 27.0 Å². The van der Waals surface area contributed by atoms with Gasteiger partial charge in [-0.15, -0.1) is 0 Å². The van der Waals surface area contributed by atoms with E-state index in [1.54, 1.807) is 28.0 Å². The second-order valence-electron chi connectivity index (χ2n) is 8.89. The molecule has 35 heavy (non-hydrogen) atoms. The van der Waals surface area contributed by atoms with Gasteiger partial charge in [0, 0.05) is 16.9 Å². The summed E-state index contributed by atoms with van der Waals surface area (Å²) in [4.78, 5) is 31.6. The van der Waals surface area contributed by atoms with Crippen LogP contribution in [-0.4, -0.2) is 11.8 Å². The number of nitrogens with one attached hydrogen (secondary N) is 1. The molecule has 4 aromatic carbocycles. The Kier molecular flexibility index (Phi) is 4.71. The summed E-state index contributed by atoms with van der Waals surface area (Å²) in [6, 6.07) is 28.4. The van der Waals surface area contributed by atoms with Crippen molar-refractivity contribution in [1.29, 1.82) is 0 Å². The lowest BCUT2D eigenvalue weighted by Gasteiger charge is -2.45. The van der Waals surface area contributed by atoms with Gasteiger partial charge < -0.3 is 10.2 Å². The van der Waals surface area contributed by atoms with Gasteiger partial charge in [-0.2, -0.15) is 0 Å². The highest BCUT2D eigenvalue weighted by Gasteiger charge is 2.59. The number of amides is 2. The van der Waals surface area contributed by atoms with Crippen LogP contribution in [0.4, 0.5) is 21.5 Å². The number of nitrogens with zero attached hydrogens (tertiary/aromatic N) is 2. The van der Waals surface area contributed by atoms with Gasteiger partial charge in [0.15, 0.2) is 0 Å². The maximum atomic E-state index is 14.4. The molecule has 0 unspecified atom stereocenters. The number of aryl methyl sites for hydroxylation is 1. The van der Waals surface area contributed by atoms with Crippen molar-refractivity contribution >= 4 is 28.9 Å². The topological polar surface area (TPSA) is 52.7 Å². The molecule has 0 aromatic heterocycles. The molecule has 1 N–H and O–H groups in total. The Labute approximate surface area is 202 Å². The van der Waals surface area contributed by atoms with Crippen molar-refractivity contribution in [2.75, 3.05) is 15.1 Å². The van der Waals surface area contributed by atoms with Crippen LogP contribution in [0, 0.1) is 12.7 Å². The molecule has 4 aromatic rings. The number of rotatable bonds is 3. The minimum Gasteiger partial charge on any atom is -0.350 e. The fraction of sp³-hybridized carbons (Fsp3) is 0.103. The van der Waals surface area contributed by atoms with Crippen molar-refractivity contribution in [3.8, 4) is 0 Å². The average molecular weight is 464 g/mol. The molecule has 2 amide bonds. The molecule has 5 nitrogen and oxygen atoms in total. The Bertz CT molecular complexity index is 1470. The molecule has 0 saturated carbocycles. The van der Waals surface area contributed by atoms with Crippen LogP contribution in [0.3, 0.4) is 0 Å². The fourth-order valence-electron chi connectivity index (χ4n) is 5.01. The van der Waals surface area contributed by atoms with Crippen molar-refractivity contribution in [2.45, 2.75) is 19.1 Å². The molecule has 0 aliphatic carbocycles. The number of para-hydroxylation sites is 2. The first-order valence-electron chi connectivity index (χ1n) is 11.4. The van der Waals surface area contributed by atoms with E-state index < -0.39 is 5.66 Å². The van der Waals surface area contributed by atoms with Crippen LogP contribution in [0.2, 0.25) is 0 Å². The van der Waals surface area contributed by atoms with E-state index in [9.17, 15) is 14.0 Å². The summed E-state index contributed by atoms with van der Waals surface area (Å²) in [7, 11) is 0. The van der Waals surface area contributed by atoms with Crippen LogP contribution in [-0.2, 0) is 17.0 Å². The summed E-state index contributed by atoms with van der Waals surface area (Å²) in [5.74, 6) is -0.860. The predicted octanol–water partition coefficient (Wildman–Crippen LogP) is 5.61. The molecule has 0 radical (unpaired) electrons. The van der Waals surface area contributed by atoms with Crippen molar-refractivity contribution < 1.29 is 14.0 Å². The van der Waals surface area contributed by atoms with Crippen molar-refractivity contribution in [1.82, 2.24) is 0 Å². The third-order valence-electron chi connectivity index (χ3n) is 6.70. The Morgan fingerprint density at radius 1 is 0.829 bits per heavy atom. The van der Waals surface area contributed by atoms with E-state index in [4.69, 9.17) is 0 Å². The molecule has 6 heteroatoms. The van der Waals surface area contributed by atoms with Gasteiger partial charge in [0.05, 0.1) is 17.8 Å². The molecule has 1 spiro atoms.